The van der Waals surface area contributed by atoms with Gasteiger partial charge in [0.15, 0.2) is 0 Å². The molecule has 1 aromatic rings. The fourth-order valence-electron chi connectivity index (χ4n) is 2.68. The number of nitrogens with zero attached hydrogens (tertiary/aromatic N) is 4. The first-order chi connectivity index (χ1) is 9.81. The van der Waals surface area contributed by atoms with Crippen molar-refractivity contribution in [3.63, 3.8) is 0 Å². The second-order valence-corrected chi connectivity index (χ2v) is 5.67. The molecule has 1 N–H and O–H groups in total. The SMILES string of the molecule is Clc1nc(NC2CCCOC2)nc(N2CCCCC2)n1. The van der Waals surface area contributed by atoms with Crippen LogP contribution in [0.5, 0.6) is 0 Å². The Labute approximate surface area is 123 Å². The number of hydrogen-bond donors (Lipinski definition) is 1. The first kappa shape index (κ1) is 13.8. The Balaban J connectivity index is 1.71. The summed E-state index contributed by atoms with van der Waals surface area (Å²) in [5.74, 6) is 1.24. The van der Waals surface area contributed by atoms with Gasteiger partial charge in [0.2, 0.25) is 17.2 Å². The van der Waals surface area contributed by atoms with Crippen molar-refractivity contribution in [3.05, 3.63) is 5.28 Å². The molecule has 0 amide bonds. The first-order valence-corrected chi connectivity index (χ1v) is 7.70. The van der Waals surface area contributed by atoms with Gasteiger partial charge in [-0.05, 0) is 43.7 Å². The summed E-state index contributed by atoms with van der Waals surface area (Å²) in [5, 5.41) is 3.55. The molecule has 0 spiro atoms. The van der Waals surface area contributed by atoms with Crippen LogP contribution in [0.25, 0.3) is 0 Å². The van der Waals surface area contributed by atoms with E-state index in [1.807, 2.05) is 0 Å². The van der Waals surface area contributed by atoms with Crippen molar-refractivity contribution in [2.45, 2.75) is 38.1 Å². The highest BCUT2D eigenvalue weighted by Gasteiger charge is 2.18. The number of rotatable bonds is 3. The van der Waals surface area contributed by atoms with E-state index in [9.17, 15) is 0 Å². The number of piperidine rings is 1. The fraction of sp³-hybridized carbons (Fsp3) is 0.769. The third-order valence-corrected chi connectivity index (χ3v) is 3.90. The molecule has 0 bridgehead atoms. The molecule has 7 heteroatoms. The van der Waals surface area contributed by atoms with Crippen molar-refractivity contribution in [3.8, 4) is 0 Å². The summed E-state index contributed by atoms with van der Waals surface area (Å²) >= 11 is 6.03. The zero-order chi connectivity index (χ0) is 13.8. The molecular weight excluding hydrogens is 278 g/mol. The second-order valence-electron chi connectivity index (χ2n) is 5.33. The Bertz CT molecular complexity index is 446. The summed E-state index contributed by atoms with van der Waals surface area (Å²) < 4.78 is 5.45. The van der Waals surface area contributed by atoms with Gasteiger partial charge >= 0.3 is 0 Å². The average molecular weight is 298 g/mol. The molecule has 3 heterocycles. The zero-order valence-corrected chi connectivity index (χ0v) is 12.3. The molecule has 0 aromatic carbocycles. The van der Waals surface area contributed by atoms with Crippen LogP contribution in [0.2, 0.25) is 5.28 Å². The molecule has 1 atom stereocenters. The van der Waals surface area contributed by atoms with Crippen LogP contribution in [0.3, 0.4) is 0 Å². The van der Waals surface area contributed by atoms with E-state index >= 15 is 0 Å². The molecule has 2 aliphatic rings. The van der Waals surface area contributed by atoms with Crippen LogP contribution in [0.1, 0.15) is 32.1 Å². The number of anilines is 2. The van der Waals surface area contributed by atoms with Gasteiger partial charge in [-0.15, -0.1) is 0 Å². The van der Waals surface area contributed by atoms with Crippen LogP contribution in [-0.4, -0.2) is 47.3 Å². The minimum Gasteiger partial charge on any atom is -0.379 e. The van der Waals surface area contributed by atoms with Gasteiger partial charge in [0.05, 0.1) is 12.6 Å². The number of aromatic nitrogens is 3. The van der Waals surface area contributed by atoms with Crippen molar-refractivity contribution >= 4 is 23.5 Å². The van der Waals surface area contributed by atoms with Crippen LogP contribution in [0.4, 0.5) is 11.9 Å². The minimum atomic E-state index is 0.250. The maximum Gasteiger partial charge on any atom is 0.231 e. The summed E-state index contributed by atoms with van der Waals surface area (Å²) in [6, 6.07) is 0.261. The maximum atomic E-state index is 6.03. The van der Waals surface area contributed by atoms with Gasteiger partial charge in [-0.2, -0.15) is 15.0 Å². The molecule has 110 valence electrons. The maximum absolute atomic E-state index is 6.03. The molecule has 2 saturated heterocycles. The van der Waals surface area contributed by atoms with E-state index in [0.717, 1.165) is 32.5 Å². The number of halogens is 1. The highest BCUT2D eigenvalue weighted by Crippen LogP contribution is 2.19. The Hall–Kier alpha value is -1.14. The lowest BCUT2D eigenvalue weighted by Gasteiger charge is -2.27. The normalized spacial score (nSPS) is 23.6. The van der Waals surface area contributed by atoms with E-state index in [-0.39, 0.29) is 11.3 Å². The van der Waals surface area contributed by atoms with E-state index in [1.165, 1.54) is 19.3 Å². The van der Waals surface area contributed by atoms with Crippen molar-refractivity contribution < 1.29 is 4.74 Å². The van der Waals surface area contributed by atoms with E-state index in [1.54, 1.807) is 0 Å². The van der Waals surface area contributed by atoms with Gasteiger partial charge in [0.25, 0.3) is 0 Å². The summed E-state index contributed by atoms with van der Waals surface area (Å²) in [7, 11) is 0. The quantitative estimate of drug-likeness (QED) is 0.922. The minimum absolute atomic E-state index is 0.250. The Kier molecular flexibility index (Phi) is 4.52. The van der Waals surface area contributed by atoms with Gasteiger partial charge in [-0.1, -0.05) is 0 Å². The molecule has 2 aliphatic heterocycles. The highest BCUT2D eigenvalue weighted by molar-refractivity contribution is 6.28. The molecule has 0 saturated carbocycles. The Morgan fingerprint density at radius 2 is 1.95 bits per heavy atom. The molecule has 0 radical (unpaired) electrons. The summed E-state index contributed by atoms with van der Waals surface area (Å²) in [6.45, 7) is 3.52. The molecule has 1 unspecified atom stereocenters. The lowest BCUT2D eigenvalue weighted by atomic mass is 10.1. The van der Waals surface area contributed by atoms with E-state index in [4.69, 9.17) is 16.3 Å². The smallest absolute Gasteiger partial charge is 0.231 e. The van der Waals surface area contributed by atoms with Crippen molar-refractivity contribution in [2.24, 2.45) is 0 Å². The van der Waals surface area contributed by atoms with E-state index < -0.39 is 0 Å². The monoisotopic (exact) mass is 297 g/mol. The van der Waals surface area contributed by atoms with Crippen LogP contribution in [-0.2, 0) is 4.74 Å². The number of hydrogen-bond acceptors (Lipinski definition) is 6. The van der Waals surface area contributed by atoms with Crippen LogP contribution in [0, 0.1) is 0 Å². The summed E-state index contributed by atoms with van der Waals surface area (Å²) in [5.41, 5.74) is 0. The van der Waals surface area contributed by atoms with E-state index in [2.05, 4.69) is 25.2 Å². The van der Waals surface area contributed by atoms with Gasteiger partial charge in [-0.25, -0.2) is 0 Å². The molecule has 2 fully saturated rings. The van der Waals surface area contributed by atoms with Crippen LogP contribution < -0.4 is 10.2 Å². The third-order valence-electron chi connectivity index (χ3n) is 3.73. The predicted molar refractivity (Wildman–Crippen MR) is 78.4 cm³/mol. The predicted octanol–water partition coefficient (Wildman–Crippen LogP) is 2.11. The largest absolute Gasteiger partial charge is 0.379 e. The van der Waals surface area contributed by atoms with Gasteiger partial charge < -0.3 is 15.0 Å². The standard InChI is InChI=1S/C13H20ClN5O/c14-11-16-12(15-10-5-4-8-20-9-10)18-13(17-11)19-6-2-1-3-7-19/h10H,1-9H2,(H,15,16,17,18). The molecule has 0 aliphatic carbocycles. The van der Waals surface area contributed by atoms with E-state index in [0.29, 0.717) is 18.5 Å². The number of nitrogens with one attached hydrogen (secondary N) is 1. The highest BCUT2D eigenvalue weighted by atomic mass is 35.5. The Morgan fingerprint density at radius 1 is 1.10 bits per heavy atom. The van der Waals surface area contributed by atoms with Gasteiger partial charge in [0.1, 0.15) is 0 Å². The van der Waals surface area contributed by atoms with Gasteiger partial charge in [0, 0.05) is 19.7 Å². The molecule has 20 heavy (non-hydrogen) atoms. The van der Waals surface area contributed by atoms with Crippen molar-refractivity contribution in [1.29, 1.82) is 0 Å². The lowest BCUT2D eigenvalue weighted by Crippen LogP contribution is -2.33. The number of ether oxygens (including phenoxy) is 1. The summed E-state index contributed by atoms with van der Waals surface area (Å²) in [6.07, 6.45) is 5.78. The molecule has 6 nitrogen and oxygen atoms in total. The van der Waals surface area contributed by atoms with Crippen LogP contribution >= 0.6 is 11.6 Å². The lowest BCUT2D eigenvalue weighted by molar-refractivity contribution is 0.0874. The Morgan fingerprint density at radius 3 is 2.70 bits per heavy atom. The zero-order valence-electron chi connectivity index (χ0n) is 11.5. The molecule has 1 aromatic heterocycles. The van der Waals surface area contributed by atoms with Gasteiger partial charge in [-0.3, -0.25) is 0 Å². The molecular formula is C13H20ClN5O. The second kappa shape index (κ2) is 6.54. The van der Waals surface area contributed by atoms with Crippen molar-refractivity contribution in [1.82, 2.24) is 15.0 Å². The van der Waals surface area contributed by atoms with Crippen LogP contribution in [0.15, 0.2) is 0 Å². The topological polar surface area (TPSA) is 63.2 Å². The summed E-state index contributed by atoms with van der Waals surface area (Å²) in [4.78, 5) is 15.1. The molecule has 3 rings (SSSR count). The fourth-order valence-corrected chi connectivity index (χ4v) is 2.83. The first-order valence-electron chi connectivity index (χ1n) is 7.32. The third kappa shape index (κ3) is 3.49. The van der Waals surface area contributed by atoms with Crippen molar-refractivity contribution in [2.75, 3.05) is 36.5 Å². The average Bonchev–Trinajstić information content (AvgIpc) is 2.49.